The summed E-state index contributed by atoms with van der Waals surface area (Å²) < 4.78 is 15.7. The van der Waals surface area contributed by atoms with Gasteiger partial charge in [0.05, 0.1) is 0 Å². The summed E-state index contributed by atoms with van der Waals surface area (Å²) in [5, 5.41) is 0. The molecule has 2 unspecified atom stereocenters. The van der Waals surface area contributed by atoms with Crippen LogP contribution in [0.5, 0.6) is 0 Å². The Kier molecular flexibility index (Phi) is 19.4. The minimum atomic E-state index is 0.110. The summed E-state index contributed by atoms with van der Waals surface area (Å²) in [6.45, 7) is 7.78. The Morgan fingerprint density at radius 2 is 1.38 bits per heavy atom. The highest BCUT2D eigenvalue weighted by Gasteiger charge is 2.11. The zero-order chi connectivity index (χ0) is 17.9. The van der Waals surface area contributed by atoms with E-state index < -0.39 is 0 Å². The largest absolute Gasteiger partial charge is 0.369 e. The molecule has 0 radical (unpaired) electrons. The summed E-state index contributed by atoms with van der Waals surface area (Å²) >= 11 is 0. The quantitative estimate of drug-likeness (QED) is 0.173. The second-order valence-corrected chi connectivity index (χ2v) is 8.07. The molecule has 2 atom stereocenters. The van der Waals surface area contributed by atoms with E-state index in [1.54, 1.807) is 0 Å². The first-order chi connectivity index (χ1) is 11.7. The van der Waals surface area contributed by atoms with Crippen molar-refractivity contribution in [1.29, 1.82) is 0 Å². The third-order valence-electron chi connectivity index (χ3n) is 5.13. The summed E-state index contributed by atoms with van der Waals surface area (Å²) in [5.41, 5.74) is 0. The fraction of sp³-hybridized carbons (Fsp3) is 1.00. The van der Waals surface area contributed by atoms with Crippen LogP contribution in [0.3, 0.4) is 0 Å². The molecule has 0 spiro atoms. The Balaban J connectivity index is 3.91. The van der Waals surface area contributed by atoms with Gasteiger partial charge in [-0.1, -0.05) is 97.8 Å². The molecule has 0 aromatic heterocycles. The summed E-state index contributed by atoms with van der Waals surface area (Å²) in [5.74, 6) is 1.75. The van der Waals surface area contributed by atoms with Gasteiger partial charge in [0.2, 0.25) is 0 Å². The normalized spacial score (nSPS) is 14.1. The molecule has 0 aliphatic rings. The van der Waals surface area contributed by atoms with Gasteiger partial charge in [-0.05, 0) is 24.7 Å². The van der Waals surface area contributed by atoms with Gasteiger partial charge in [0.15, 0.2) is 8.46 Å². The van der Waals surface area contributed by atoms with Crippen LogP contribution in [0.1, 0.15) is 111 Å². The van der Waals surface area contributed by atoms with Crippen molar-refractivity contribution >= 4 is 8.46 Å². The first kappa shape index (κ1) is 24.1. The molecule has 0 fully saturated rings. The maximum Gasteiger partial charge on any atom is 0.183 e. The van der Waals surface area contributed by atoms with E-state index in [1.165, 1.54) is 83.5 Å². The van der Waals surface area contributed by atoms with Crippen LogP contribution in [0.2, 0.25) is 0 Å². The smallest absolute Gasteiger partial charge is 0.183 e. The predicted molar refractivity (Wildman–Crippen MR) is 107 cm³/mol. The van der Waals surface area contributed by atoms with Gasteiger partial charge in [0.1, 0.15) is 6.35 Å². The molecule has 24 heavy (non-hydrogen) atoms. The molecule has 0 heterocycles. The summed E-state index contributed by atoms with van der Waals surface area (Å²) in [6.07, 6.45) is 19.4. The Hall–Kier alpha value is 0.0600. The lowest BCUT2D eigenvalue weighted by Gasteiger charge is -2.19. The van der Waals surface area contributed by atoms with Crippen LogP contribution in [0.4, 0.5) is 0 Å². The van der Waals surface area contributed by atoms with Crippen molar-refractivity contribution in [2.24, 2.45) is 11.8 Å². The molecule has 2 nitrogen and oxygen atoms in total. The van der Waals surface area contributed by atoms with E-state index in [4.69, 9.17) is 4.74 Å². The number of hydrogen-bond donors (Lipinski definition) is 0. The van der Waals surface area contributed by atoms with E-state index in [9.17, 15) is 4.57 Å². The van der Waals surface area contributed by atoms with Gasteiger partial charge in [-0.2, -0.15) is 0 Å². The Morgan fingerprint density at radius 3 is 2.00 bits per heavy atom. The van der Waals surface area contributed by atoms with Gasteiger partial charge in [-0.3, -0.25) is 4.57 Å². The van der Waals surface area contributed by atoms with Crippen LogP contribution in [0, 0.1) is 11.8 Å². The van der Waals surface area contributed by atoms with E-state index in [-0.39, 0.29) is 8.46 Å². The third-order valence-corrected chi connectivity index (χ3v) is 5.42. The number of unbranched alkanes of at least 4 members (excludes halogenated alkanes) is 6. The highest BCUT2D eigenvalue weighted by molar-refractivity contribution is 7.23. The Labute approximate surface area is 153 Å². The molecule has 0 aliphatic heterocycles. The van der Waals surface area contributed by atoms with Gasteiger partial charge in [0, 0.05) is 6.61 Å². The molecule has 0 saturated heterocycles. The summed E-state index contributed by atoms with van der Waals surface area (Å²) in [4.78, 5) is 0. The fourth-order valence-corrected chi connectivity index (χ4v) is 3.66. The van der Waals surface area contributed by atoms with E-state index in [0.717, 1.165) is 24.9 Å². The molecule has 0 N–H and O–H groups in total. The van der Waals surface area contributed by atoms with E-state index in [1.807, 2.05) is 0 Å². The standard InChI is InChI=1S/C21H43O2P/c1-4-6-8-10-13-20(3)16-17-21(14-11-9-7-5-2)15-12-18-23-19-24-22/h20-21H,4-19H2,1-3H3. The Morgan fingerprint density at radius 1 is 0.750 bits per heavy atom. The van der Waals surface area contributed by atoms with Gasteiger partial charge in [0.25, 0.3) is 0 Å². The molecular formula is C21H43O2P. The lowest BCUT2D eigenvalue weighted by Crippen LogP contribution is -2.06. The SMILES string of the molecule is CCCCCCC(C)CCC(CCCCCC)CCCOCP=O. The van der Waals surface area contributed by atoms with Crippen LogP contribution >= 0.6 is 8.46 Å². The van der Waals surface area contributed by atoms with Crippen molar-refractivity contribution in [3.63, 3.8) is 0 Å². The van der Waals surface area contributed by atoms with Gasteiger partial charge < -0.3 is 4.74 Å². The number of ether oxygens (including phenoxy) is 1. The average Bonchev–Trinajstić information content (AvgIpc) is 2.59. The molecule has 0 aromatic rings. The van der Waals surface area contributed by atoms with Crippen molar-refractivity contribution in [1.82, 2.24) is 0 Å². The van der Waals surface area contributed by atoms with Gasteiger partial charge in [-0.25, -0.2) is 0 Å². The summed E-state index contributed by atoms with van der Waals surface area (Å²) in [7, 11) is 0.110. The maximum atomic E-state index is 10.4. The van der Waals surface area contributed by atoms with Crippen LogP contribution in [-0.2, 0) is 9.30 Å². The third kappa shape index (κ3) is 16.9. The van der Waals surface area contributed by atoms with Crippen LogP contribution in [0.25, 0.3) is 0 Å². The van der Waals surface area contributed by atoms with Crippen LogP contribution in [0.15, 0.2) is 0 Å². The molecule has 3 heteroatoms. The van der Waals surface area contributed by atoms with Crippen molar-refractivity contribution in [3.05, 3.63) is 0 Å². The maximum absolute atomic E-state index is 10.4. The summed E-state index contributed by atoms with van der Waals surface area (Å²) in [6, 6.07) is 0. The minimum Gasteiger partial charge on any atom is -0.369 e. The van der Waals surface area contributed by atoms with Gasteiger partial charge in [-0.15, -0.1) is 0 Å². The van der Waals surface area contributed by atoms with Crippen molar-refractivity contribution in [2.75, 3.05) is 13.0 Å². The van der Waals surface area contributed by atoms with Crippen LogP contribution < -0.4 is 0 Å². The molecule has 0 rings (SSSR count). The first-order valence-corrected chi connectivity index (χ1v) is 11.6. The predicted octanol–water partition coefficient (Wildman–Crippen LogP) is 8.01. The average molecular weight is 359 g/mol. The second-order valence-electron chi connectivity index (χ2n) is 7.56. The molecule has 0 bridgehead atoms. The molecular weight excluding hydrogens is 315 g/mol. The van der Waals surface area contributed by atoms with Gasteiger partial charge >= 0.3 is 0 Å². The Bertz CT molecular complexity index is 258. The van der Waals surface area contributed by atoms with E-state index in [0.29, 0.717) is 6.35 Å². The minimum absolute atomic E-state index is 0.110. The molecule has 0 aromatic carbocycles. The van der Waals surface area contributed by atoms with Crippen molar-refractivity contribution < 1.29 is 9.30 Å². The fourth-order valence-electron chi connectivity index (χ4n) is 3.45. The highest BCUT2D eigenvalue weighted by atomic mass is 31.1. The zero-order valence-electron chi connectivity index (χ0n) is 16.7. The lowest BCUT2D eigenvalue weighted by molar-refractivity contribution is 0.166. The second kappa shape index (κ2) is 19.4. The van der Waals surface area contributed by atoms with Crippen LogP contribution in [-0.4, -0.2) is 13.0 Å². The first-order valence-electron chi connectivity index (χ1n) is 10.6. The lowest BCUT2D eigenvalue weighted by atomic mass is 9.87. The zero-order valence-corrected chi connectivity index (χ0v) is 17.6. The van der Waals surface area contributed by atoms with E-state index >= 15 is 0 Å². The number of rotatable bonds is 19. The highest BCUT2D eigenvalue weighted by Crippen LogP contribution is 2.25. The molecule has 144 valence electrons. The van der Waals surface area contributed by atoms with Crippen molar-refractivity contribution in [2.45, 2.75) is 111 Å². The molecule has 0 saturated carbocycles. The molecule has 0 aliphatic carbocycles. The monoisotopic (exact) mass is 358 g/mol. The van der Waals surface area contributed by atoms with E-state index in [2.05, 4.69) is 20.8 Å². The topological polar surface area (TPSA) is 26.3 Å². The molecule has 0 amide bonds. The number of hydrogen-bond acceptors (Lipinski definition) is 2. The van der Waals surface area contributed by atoms with Crippen molar-refractivity contribution in [3.8, 4) is 0 Å².